The lowest BCUT2D eigenvalue weighted by molar-refractivity contribution is -0.384. The molecule has 0 bridgehead atoms. The van der Waals surface area contributed by atoms with E-state index in [-0.39, 0.29) is 45.0 Å². The molecule has 1 fully saturated rings. The fraction of sp³-hybridized carbons (Fsp3) is 0.529. The average molecular weight is 460 g/mol. The summed E-state index contributed by atoms with van der Waals surface area (Å²) in [6.07, 6.45) is -0.326. The van der Waals surface area contributed by atoms with Gasteiger partial charge in [-0.15, -0.1) is 0 Å². The summed E-state index contributed by atoms with van der Waals surface area (Å²) in [5.74, 6) is 0. The van der Waals surface area contributed by atoms with E-state index in [9.17, 15) is 28.1 Å². The highest BCUT2D eigenvalue weighted by Crippen LogP contribution is 2.23. The van der Waals surface area contributed by atoms with Crippen LogP contribution in [0.5, 0.6) is 0 Å². The van der Waals surface area contributed by atoms with Crippen LogP contribution in [-0.2, 0) is 30.4 Å². The quantitative estimate of drug-likeness (QED) is 0.215. The highest BCUT2D eigenvalue weighted by atomic mass is 32.2. The molecule has 1 aliphatic heterocycles. The highest BCUT2D eigenvalue weighted by Gasteiger charge is 2.38. The first kappa shape index (κ1) is 24.3. The monoisotopic (exact) mass is 460 g/mol. The molecule has 3 amide bonds. The van der Waals surface area contributed by atoms with E-state index in [0.717, 1.165) is 6.26 Å². The molecule has 1 saturated heterocycles. The number of hydrogen-bond acceptors (Lipinski definition) is 9. The molecule has 14 heteroatoms. The van der Waals surface area contributed by atoms with Gasteiger partial charge < -0.3 is 25.4 Å². The highest BCUT2D eigenvalue weighted by molar-refractivity contribution is 7.86. The minimum atomic E-state index is -3.72. The van der Waals surface area contributed by atoms with Crippen LogP contribution in [0.2, 0.25) is 0 Å². The molecule has 13 nitrogen and oxygen atoms in total. The van der Waals surface area contributed by atoms with Crippen molar-refractivity contribution in [2.75, 3.05) is 32.6 Å². The van der Waals surface area contributed by atoms with Crippen molar-refractivity contribution in [2.45, 2.75) is 25.2 Å². The molecule has 1 aromatic carbocycles. The van der Waals surface area contributed by atoms with E-state index in [4.69, 9.17) is 19.4 Å². The maximum absolute atomic E-state index is 12.6. The average Bonchev–Trinajstić information content (AvgIpc) is 3.06. The Morgan fingerprint density at radius 1 is 1.32 bits per heavy atom. The lowest BCUT2D eigenvalue weighted by Gasteiger charge is -2.23. The smallest absolute Gasteiger partial charge is 0.410 e. The Morgan fingerprint density at radius 2 is 2.00 bits per heavy atom. The van der Waals surface area contributed by atoms with Crippen LogP contribution in [-0.4, -0.2) is 75.1 Å². The van der Waals surface area contributed by atoms with Gasteiger partial charge in [-0.2, -0.15) is 8.42 Å². The summed E-state index contributed by atoms with van der Waals surface area (Å²) in [5.41, 5.74) is 5.42. The van der Waals surface area contributed by atoms with Gasteiger partial charge in [0, 0.05) is 18.7 Å². The minimum absolute atomic E-state index is 0.0142. The lowest BCUT2D eigenvalue weighted by Crippen LogP contribution is -2.39. The molecule has 2 rings (SSSR count). The molecule has 0 saturated carbocycles. The number of nitro benzene ring substituents is 1. The van der Waals surface area contributed by atoms with Gasteiger partial charge in [-0.25, -0.2) is 9.59 Å². The number of amides is 3. The largest absolute Gasteiger partial charge is 0.445 e. The number of benzene rings is 1. The number of ether oxygens (including phenoxy) is 2. The molecule has 0 unspecified atom stereocenters. The second-order valence-electron chi connectivity index (χ2n) is 6.81. The molecule has 3 N–H and O–H groups in total. The summed E-state index contributed by atoms with van der Waals surface area (Å²) < 4.78 is 38.6. The Labute approximate surface area is 178 Å². The van der Waals surface area contributed by atoms with E-state index < -0.39 is 39.3 Å². The number of nitro groups is 1. The van der Waals surface area contributed by atoms with Crippen molar-refractivity contribution in [2.24, 2.45) is 5.73 Å². The Balaban J connectivity index is 1.94. The summed E-state index contributed by atoms with van der Waals surface area (Å²) in [5, 5.41) is 13.1. The predicted octanol–water partition coefficient (Wildman–Crippen LogP) is 0.335. The van der Waals surface area contributed by atoms with Crippen LogP contribution in [0.1, 0.15) is 12.0 Å². The fourth-order valence-corrected chi connectivity index (χ4v) is 3.61. The standard InChI is InChI=1S/C17H24N4O9S/c1-31(26,27)30-15-8-14(11-28-7-6-19-16(18)22)20(9-15)17(23)29-10-12-2-4-13(5-3-12)21(24)25/h2-5,14-15H,6-11H2,1H3,(H3,18,19,22)/t14-,15+/m0/s1. The van der Waals surface area contributed by atoms with Crippen molar-refractivity contribution in [3.63, 3.8) is 0 Å². The van der Waals surface area contributed by atoms with Crippen LogP contribution >= 0.6 is 0 Å². The second kappa shape index (κ2) is 10.9. The molecule has 2 atom stereocenters. The van der Waals surface area contributed by atoms with Gasteiger partial charge in [-0.3, -0.25) is 14.3 Å². The molecule has 1 aromatic rings. The number of primary amides is 1. The molecule has 1 heterocycles. The van der Waals surface area contributed by atoms with Gasteiger partial charge in [0.2, 0.25) is 0 Å². The molecule has 0 aromatic heterocycles. The predicted molar refractivity (Wildman–Crippen MR) is 107 cm³/mol. The Kier molecular flexibility index (Phi) is 8.53. The van der Waals surface area contributed by atoms with E-state index in [1.54, 1.807) is 0 Å². The van der Waals surface area contributed by atoms with Crippen LogP contribution in [0.3, 0.4) is 0 Å². The summed E-state index contributed by atoms with van der Waals surface area (Å²) in [6.45, 7) is 0.246. The van der Waals surface area contributed by atoms with Crippen molar-refractivity contribution in [3.05, 3.63) is 39.9 Å². The normalized spacial score (nSPS) is 18.5. The molecular formula is C17H24N4O9S. The van der Waals surface area contributed by atoms with Crippen LogP contribution in [0, 0.1) is 10.1 Å². The van der Waals surface area contributed by atoms with Crippen molar-refractivity contribution >= 4 is 27.9 Å². The first-order chi connectivity index (χ1) is 14.5. The molecule has 0 radical (unpaired) electrons. The Hall–Kier alpha value is -2.97. The van der Waals surface area contributed by atoms with E-state index in [1.165, 1.54) is 29.2 Å². The number of urea groups is 1. The van der Waals surface area contributed by atoms with E-state index in [1.807, 2.05) is 0 Å². The zero-order valence-corrected chi connectivity index (χ0v) is 17.6. The van der Waals surface area contributed by atoms with Gasteiger partial charge in [0.05, 0.1) is 43.1 Å². The van der Waals surface area contributed by atoms with Crippen LogP contribution < -0.4 is 11.1 Å². The third-order valence-corrected chi connectivity index (χ3v) is 4.91. The molecule has 0 aliphatic carbocycles. The summed E-state index contributed by atoms with van der Waals surface area (Å²) in [6, 6.07) is 4.33. The van der Waals surface area contributed by atoms with Crippen molar-refractivity contribution in [1.29, 1.82) is 0 Å². The minimum Gasteiger partial charge on any atom is -0.445 e. The van der Waals surface area contributed by atoms with E-state index in [0.29, 0.717) is 5.56 Å². The maximum atomic E-state index is 12.6. The zero-order chi connectivity index (χ0) is 23.0. The van der Waals surface area contributed by atoms with E-state index >= 15 is 0 Å². The van der Waals surface area contributed by atoms with E-state index in [2.05, 4.69) is 5.32 Å². The molecule has 1 aliphatic rings. The number of nitrogens with two attached hydrogens (primary N) is 1. The molecular weight excluding hydrogens is 436 g/mol. The summed E-state index contributed by atoms with van der Waals surface area (Å²) in [4.78, 5) is 34.7. The maximum Gasteiger partial charge on any atom is 0.410 e. The number of non-ortho nitro benzene ring substituents is 1. The second-order valence-corrected chi connectivity index (χ2v) is 8.41. The number of likely N-dealkylation sites (tertiary alicyclic amines) is 1. The molecule has 0 spiro atoms. The van der Waals surface area contributed by atoms with Crippen molar-refractivity contribution in [3.8, 4) is 0 Å². The van der Waals surface area contributed by atoms with Crippen LogP contribution in [0.4, 0.5) is 15.3 Å². The van der Waals surface area contributed by atoms with Gasteiger partial charge in [-0.1, -0.05) is 0 Å². The third kappa shape index (κ3) is 8.35. The zero-order valence-electron chi connectivity index (χ0n) is 16.8. The lowest BCUT2D eigenvalue weighted by atomic mass is 10.2. The van der Waals surface area contributed by atoms with Gasteiger partial charge in [-0.05, 0) is 24.1 Å². The first-order valence-corrected chi connectivity index (χ1v) is 11.0. The Bertz CT molecular complexity index is 891. The summed E-state index contributed by atoms with van der Waals surface area (Å²) in [7, 11) is -3.72. The van der Waals surface area contributed by atoms with Crippen LogP contribution in [0.15, 0.2) is 24.3 Å². The van der Waals surface area contributed by atoms with Gasteiger partial charge in [0.1, 0.15) is 6.61 Å². The number of carbonyl (C=O) groups is 2. The topological polar surface area (TPSA) is 180 Å². The van der Waals surface area contributed by atoms with Crippen molar-refractivity contribution in [1.82, 2.24) is 10.2 Å². The first-order valence-electron chi connectivity index (χ1n) is 9.21. The fourth-order valence-electron chi connectivity index (χ4n) is 2.98. The van der Waals surface area contributed by atoms with Gasteiger partial charge >= 0.3 is 12.1 Å². The number of nitrogens with one attached hydrogen (secondary N) is 1. The van der Waals surface area contributed by atoms with Crippen molar-refractivity contribution < 1.29 is 36.6 Å². The molecule has 31 heavy (non-hydrogen) atoms. The number of hydrogen-bond donors (Lipinski definition) is 2. The third-order valence-electron chi connectivity index (χ3n) is 4.29. The SMILES string of the molecule is CS(=O)(=O)O[C@@H]1C[C@@H](COCCNC(N)=O)N(C(=O)OCc2ccc([N+](=O)[O-])cc2)C1. The number of nitrogens with zero attached hydrogens (tertiary/aromatic N) is 2. The summed E-state index contributed by atoms with van der Waals surface area (Å²) >= 11 is 0. The number of rotatable bonds is 10. The van der Waals surface area contributed by atoms with Crippen LogP contribution in [0.25, 0.3) is 0 Å². The molecule has 172 valence electrons. The van der Waals surface area contributed by atoms with Gasteiger partial charge in [0.25, 0.3) is 15.8 Å². The Morgan fingerprint density at radius 3 is 2.58 bits per heavy atom. The van der Waals surface area contributed by atoms with Gasteiger partial charge in [0.15, 0.2) is 0 Å². The number of carbonyl (C=O) groups excluding carboxylic acids is 2.